The van der Waals surface area contributed by atoms with Crippen LogP contribution in [0.3, 0.4) is 0 Å². The summed E-state index contributed by atoms with van der Waals surface area (Å²) in [6.07, 6.45) is 0.120. The summed E-state index contributed by atoms with van der Waals surface area (Å²) in [6.45, 7) is 2.93. The molecule has 0 bridgehead atoms. The van der Waals surface area contributed by atoms with Gasteiger partial charge in [0.05, 0.1) is 19.3 Å². The van der Waals surface area contributed by atoms with E-state index in [1.54, 1.807) is 0 Å². The molecule has 0 saturated heterocycles. The maximum atomic E-state index is 9.34. The molecule has 0 fully saturated rings. The van der Waals surface area contributed by atoms with Gasteiger partial charge in [0.25, 0.3) is 0 Å². The molecule has 0 heterocycles. The Morgan fingerprint density at radius 1 is 1.25 bits per heavy atom. The van der Waals surface area contributed by atoms with Gasteiger partial charge in [0.1, 0.15) is 0 Å². The van der Waals surface area contributed by atoms with Crippen molar-refractivity contribution in [1.82, 2.24) is 0 Å². The van der Waals surface area contributed by atoms with E-state index in [-0.39, 0.29) is 12.5 Å². The quantitative estimate of drug-likeness (QED) is 0.691. The Morgan fingerprint density at radius 2 is 1.94 bits per heavy atom. The zero-order chi connectivity index (χ0) is 11.8. The molecule has 2 atom stereocenters. The molecule has 1 aromatic rings. The fourth-order valence-electron chi connectivity index (χ4n) is 1.41. The van der Waals surface area contributed by atoms with Gasteiger partial charge in [-0.3, -0.25) is 0 Å². The van der Waals surface area contributed by atoms with Gasteiger partial charge < -0.3 is 14.9 Å². The molecule has 3 nitrogen and oxygen atoms in total. The fourth-order valence-corrected chi connectivity index (χ4v) is 1.41. The molecule has 1 aromatic carbocycles. The van der Waals surface area contributed by atoms with Gasteiger partial charge in [-0.05, 0) is 17.9 Å². The van der Waals surface area contributed by atoms with Crippen molar-refractivity contribution in [3.63, 3.8) is 0 Å². The normalized spacial score (nSPS) is 14.7. The van der Waals surface area contributed by atoms with Gasteiger partial charge in [-0.25, -0.2) is 0 Å². The van der Waals surface area contributed by atoms with Crippen molar-refractivity contribution in [3.8, 4) is 0 Å². The smallest absolute Gasteiger partial charge is 0.0797 e. The number of hydrogen-bond donors (Lipinski definition) is 2. The van der Waals surface area contributed by atoms with Crippen LogP contribution in [0.25, 0.3) is 0 Å². The first-order valence-corrected chi connectivity index (χ1v) is 5.64. The molecule has 2 N–H and O–H groups in total. The first-order valence-electron chi connectivity index (χ1n) is 5.64. The van der Waals surface area contributed by atoms with Gasteiger partial charge in [-0.1, -0.05) is 37.3 Å². The standard InChI is InChI=1S/C13H20O3/c1-11(13(15)9-14)7-8-16-10-12-5-3-2-4-6-12/h2-6,11,13-15H,7-10H2,1H3. The van der Waals surface area contributed by atoms with Gasteiger partial charge >= 0.3 is 0 Å². The third kappa shape index (κ3) is 4.75. The summed E-state index contributed by atoms with van der Waals surface area (Å²) in [7, 11) is 0. The number of hydrogen-bond acceptors (Lipinski definition) is 3. The maximum Gasteiger partial charge on any atom is 0.0797 e. The molecule has 16 heavy (non-hydrogen) atoms. The van der Waals surface area contributed by atoms with E-state index >= 15 is 0 Å². The number of rotatable bonds is 7. The van der Waals surface area contributed by atoms with Gasteiger partial charge in [0.15, 0.2) is 0 Å². The van der Waals surface area contributed by atoms with E-state index in [4.69, 9.17) is 9.84 Å². The first-order chi connectivity index (χ1) is 7.74. The number of aliphatic hydroxyl groups excluding tert-OH is 2. The Balaban J connectivity index is 2.13. The fraction of sp³-hybridized carbons (Fsp3) is 0.538. The highest BCUT2D eigenvalue weighted by atomic mass is 16.5. The molecule has 0 amide bonds. The predicted octanol–water partition coefficient (Wildman–Crippen LogP) is 1.58. The molecule has 90 valence electrons. The topological polar surface area (TPSA) is 49.7 Å². The van der Waals surface area contributed by atoms with E-state index in [0.29, 0.717) is 13.2 Å². The van der Waals surface area contributed by atoms with Crippen molar-refractivity contribution in [2.75, 3.05) is 13.2 Å². The second-order valence-electron chi connectivity index (χ2n) is 4.05. The minimum Gasteiger partial charge on any atom is -0.394 e. The van der Waals surface area contributed by atoms with Crippen LogP contribution in [0.2, 0.25) is 0 Å². The average molecular weight is 224 g/mol. The number of aliphatic hydroxyl groups is 2. The van der Waals surface area contributed by atoms with Crippen LogP contribution in [0.1, 0.15) is 18.9 Å². The number of benzene rings is 1. The summed E-state index contributed by atoms with van der Waals surface area (Å²) in [5.74, 6) is 0.0702. The summed E-state index contributed by atoms with van der Waals surface area (Å²) in [4.78, 5) is 0. The van der Waals surface area contributed by atoms with Gasteiger partial charge in [0.2, 0.25) is 0 Å². The zero-order valence-electron chi connectivity index (χ0n) is 9.67. The van der Waals surface area contributed by atoms with Gasteiger partial charge in [-0.2, -0.15) is 0 Å². The minimum atomic E-state index is -0.639. The molecule has 1 rings (SSSR count). The summed E-state index contributed by atoms with van der Waals surface area (Å²) in [5.41, 5.74) is 1.15. The van der Waals surface area contributed by atoms with E-state index in [1.165, 1.54) is 0 Å². The zero-order valence-corrected chi connectivity index (χ0v) is 9.67. The molecule has 3 heteroatoms. The molecule has 0 saturated carbocycles. The van der Waals surface area contributed by atoms with Crippen molar-refractivity contribution >= 4 is 0 Å². The molecule has 0 aliphatic carbocycles. The molecule has 2 unspecified atom stereocenters. The highest BCUT2D eigenvalue weighted by Crippen LogP contribution is 2.08. The van der Waals surface area contributed by atoms with E-state index in [2.05, 4.69) is 0 Å². The maximum absolute atomic E-state index is 9.34. The van der Waals surface area contributed by atoms with Crippen molar-refractivity contribution < 1.29 is 14.9 Å². The average Bonchev–Trinajstić information content (AvgIpc) is 2.34. The van der Waals surface area contributed by atoms with Crippen LogP contribution in [0, 0.1) is 5.92 Å². The summed E-state index contributed by atoms with van der Waals surface area (Å²) >= 11 is 0. The monoisotopic (exact) mass is 224 g/mol. The Bertz CT molecular complexity index is 274. The Hall–Kier alpha value is -0.900. The van der Waals surface area contributed by atoms with E-state index in [9.17, 15) is 5.11 Å². The Labute approximate surface area is 96.7 Å². The molecule has 0 aromatic heterocycles. The second-order valence-corrected chi connectivity index (χ2v) is 4.05. The summed E-state index contributed by atoms with van der Waals surface area (Å²) in [6, 6.07) is 9.98. The summed E-state index contributed by atoms with van der Waals surface area (Å²) in [5, 5.41) is 18.1. The highest BCUT2D eigenvalue weighted by molar-refractivity contribution is 5.13. The van der Waals surface area contributed by atoms with Crippen molar-refractivity contribution in [3.05, 3.63) is 35.9 Å². The SMILES string of the molecule is CC(CCOCc1ccccc1)C(O)CO. The summed E-state index contributed by atoms with van der Waals surface area (Å²) < 4.78 is 5.49. The number of ether oxygens (including phenoxy) is 1. The van der Waals surface area contributed by atoms with Crippen molar-refractivity contribution in [2.45, 2.75) is 26.1 Å². The van der Waals surface area contributed by atoms with Crippen molar-refractivity contribution in [1.29, 1.82) is 0 Å². The Kier molecular flexibility index (Phi) is 6.08. The van der Waals surface area contributed by atoms with E-state index in [0.717, 1.165) is 12.0 Å². The molecular formula is C13H20O3. The van der Waals surface area contributed by atoms with Crippen LogP contribution in [0.5, 0.6) is 0 Å². The lowest BCUT2D eigenvalue weighted by Gasteiger charge is -2.16. The predicted molar refractivity (Wildman–Crippen MR) is 63.0 cm³/mol. The van der Waals surface area contributed by atoms with Gasteiger partial charge in [0, 0.05) is 6.61 Å². The molecule has 0 radical (unpaired) electrons. The molecule has 0 aliphatic rings. The van der Waals surface area contributed by atoms with Crippen LogP contribution in [-0.2, 0) is 11.3 Å². The van der Waals surface area contributed by atoms with Crippen LogP contribution in [0.15, 0.2) is 30.3 Å². The van der Waals surface area contributed by atoms with Crippen molar-refractivity contribution in [2.24, 2.45) is 5.92 Å². The van der Waals surface area contributed by atoms with Crippen LogP contribution in [0.4, 0.5) is 0 Å². The van der Waals surface area contributed by atoms with Crippen LogP contribution < -0.4 is 0 Å². The van der Waals surface area contributed by atoms with Crippen LogP contribution >= 0.6 is 0 Å². The highest BCUT2D eigenvalue weighted by Gasteiger charge is 2.12. The molecular weight excluding hydrogens is 204 g/mol. The third-order valence-corrected chi connectivity index (χ3v) is 2.67. The van der Waals surface area contributed by atoms with E-state index < -0.39 is 6.10 Å². The third-order valence-electron chi connectivity index (χ3n) is 2.67. The largest absolute Gasteiger partial charge is 0.394 e. The first kappa shape index (κ1) is 13.2. The van der Waals surface area contributed by atoms with E-state index in [1.807, 2.05) is 37.3 Å². The molecule has 0 spiro atoms. The minimum absolute atomic E-state index is 0.0702. The van der Waals surface area contributed by atoms with Gasteiger partial charge in [-0.15, -0.1) is 0 Å². The Morgan fingerprint density at radius 3 is 2.56 bits per heavy atom. The lowest BCUT2D eigenvalue weighted by Crippen LogP contribution is -2.22. The molecule has 0 aliphatic heterocycles. The van der Waals surface area contributed by atoms with Crippen LogP contribution in [-0.4, -0.2) is 29.5 Å². The lowest BCUT2D eigenvalue weighted by molar-refractivity contribution is 0.0314. The second kappa shape index (κ2) is 7.39. The lowest BCUT2D eigenvalue weighted by atomic mass is 10.0.